The van der Waals surface area contributed by atoms with Gasteiger partial charge in [0.15, 0.2) is 9.84 Å². The van der Waals surface area contributed by atoms with Crippen molar-refractivity contribution in [2.75, 3.05) is 32.4 Å². The predicted molar refractivity (Wildman–Crippen MR) is 82.0 cm³/mol. The van der Waals surface area contributed by atoms with Crippen LogP contribution in [0.5, 0.6) is 0 Å². The molecule has 1 unspecified atom stereocenters. The summed E-state index contributed by atoms with van der Waals surface area (Å²) in [6, 6.07) is 6.86. The van der Waals surface area contributed by atoms with Gasteiger partial charge in [0.2, 0.25) is 0 Å². The molecule has 1 atom stereocenters. The number of likely N-dealkylation sites (N-methyl/N-ethyl adjacent to an activating group) is 1. The molecule has 0 aliphatic carbocycles. The summed E-state index contributed by atoms with van der Waals surface area (Å²) in [7, 11) is -1.26. The number of sulfone groups is 1. The Morgan fingerprint density at radius 1 is 1.35 bits per heavy atom. The first kappa shape index (κ1) is 15.8. The average molecular weight is 317 g/mol. The number of hydrogen-bond acceptors (Lipinski definition) is 4. The second-order valence-corrected chi connectivity index (χ2v) is 7.75. The van der Waals surface area contributed by atoms with Gasteiger partial charge in [-0.25, -0.2) is 8.42 Å². The molecule has 0 spiro atoms. The van der Waals surface area contributed by atoms with Crippen LogP contribution >= 0.6 is 11.6 Å². The van der Waals surface area contributed by atoms with Crippen molar-refractivity contribution in [1.82, 2.24) is 10.2 Å². The van der Waals surface area contributed by atoms with Gasteiger partial charge in [-0.2, -0.15) is 0 Å². The second-order valence-electron chi connectivity index (χ2n) is 5.20. The highest BCUT2D eigenvalue weighted by Gasteiger charge is 2.21. The number of piperidine rings is 1. The van der Waals surface area contributed by atoms with Crippen LogP contribution in [-0.2, 0) is 9.84 Å². The van der Waals surface area contributed by atoms with E-state index in [4.69, 9.17) is 11.6 Å². The molecule has 6 heteroatoms. The van der Waals surface area contributed by atoms with Crippen molar-refractivity contribution in [3.8, 4) is 0 Å². The zero-order valence-electron chi connectivity index (χ0n) is 11.7. The lowest BCUT2D eigenvalue weighted by Crippen LogP contribution is -2.45. The Bertz CT molecular complexity index is 531. The third kappa shape index (κ3) is 4.19. The van der Waals surface area contributed by atoms with Crippen molar-refractivity contribution < 1.29 is 8.42 Å². The third-order valence-electron chi connectivity index (χ3n) is 3.76. The highest BCUT2D eigenvalue weighted by molar-refractivity contribution is 7.91. The van der Waals surface area contributed by atoms with Crippen LogP contribution in [-0.4, -0.2) is 51.8 Å². The van der Waals surface area contributed by atoms with Crippen LogP contribution in [0.15, 0.2) is 29.2 Å². The van der Waals surface area contributed by atoms with Crippen molar-refractivity contribution in [3.63, 3.8) is 0 Å². The molecule has 4 nitrogen and oxygen atoms in total. The van der Waals surface area contributed by atoms with Gasteiger partial charge in [-0.15, -0.1) is 0 Å². The normalized spacial score (nSPS) is 21.0. The van der Waals surface area contributed by atoms with E-state index < -0.39 is 9.84 Å². The summed E-state index contributed by atoms with van der Waals surface area (Å²) >= 11 is 5.78. The fourth-order valence-electron chi connectivity index (χ4n) is 2.50. The minimum Gasteiger partial charge on any atom is -0.316 e. The zero-order valence-corrected chi connectivity index (χ0v) is 13.3. The SMILES string of the molecule is CNC1CCCN(CCS(=O)(=O)c2ccc(Cl)cc2)C1. The zero-order chi connectivity index (χ0) is 14.6. The van der Waals surface area contributed by atoms with E-state index >= 15 is 0 Å². The Morgan fingerprint density at radius 3 is 2.70 bits per heavy atom. The van der Waals surface area contributed by atoms with Crippen LogP contribution in [0.3, 0.4) is 0 Å². The number of benzene rings is 1. The van der Waals surface area contributed by atoms with Crippen molar-refractivity contribution in [2.24, 2.45) is 0 Å². The van der Waals surface area contributed by atoms with Crippen molar-refractivity contribution in [2.45, 2.75) is 23.8 Å². The Balaban J connectivity index is 1.94. The van der Waals surface area contributed by atoms with Gasteiger partial charge in [-0.05, 0) is 50.7 Å². The molecule has 1 aliphatic rings. The highest BCUT2D eigenvalue weighted by Crippen LogP contribution is 2.16. The van der Waals surface area contributed by atoms with E-state index in [1.165, 1.54) is 0 Å². The van der Waals surface area contributed by atoms with Gasteiger partial charge in [-0.3, -0.25) is 0 Å². The molecule has 1 aromatic carbocycles. The van der Waals surface area contributed by atoms with Crippen LogP contribution in [0.1, 0.15) is 12.8 Å². The molecule has 0 saturated carbocycles. The summed E-state index contributed by atoms with van der Waals surface area (Å²) < 4.78 is 24.5. The smallest absolute Gasteiger partial charge is 0.179 e. The van der Waals surface area contributed by atoms with Crippen LogP contribution < -0.4 is 5.32 Å². The number of nitrogens with one attached hydrogen (secondary N) is 1. The van der Waals surface area contributed by atoms with Crippen LogP contribution in [0.25, 0.3) is 0 Å². The highest BCUT2D eigenvalue weighted by atomic mass is 35.5. The molecule has 1 N–H and O–H groups in total. The molecular weight excluding hydrogens is 296 g/mol. The number of rotatable bonds is 5. The first-order valence-corrected chi connectivity index (χ1v) is 8.92. The largest absolute Gasteiger partial charge is 0.316 e. The molecule has 2 rings (SSSR count). The van der Waals surface area contributed by atoms with Gasteiger partial charge >= 0.3 is 0 Å². The molecule has 0 radical (unpaired) electrons. The van der Waals surface area contributed by atoms with Crippen molar-refractivity contribution >= 4 is 21.4 Å². The van der Waals surface area contributed by atoms with Gasteiger partial charge in [-0.1, -0.05) is 11.6 Å². The van der Waals surface area contributed by atoms with Gasteiger partial charge in [0.1, 0.15) is 0 Å². The molecule has 0 amide bonds. The molecule has 1 heterocycles. The fourth-order valence-corrected chi connectivity index (χ4v) is 3.91. The maximum atomic E-state index is 12.3. The van der Waals surface area contributed by atoms with E-state index in [2.05, 4.69) is 10.2 Å². The number of likely N-dealkylation sites (tertiary alicyclic amines) is 1. The lowest BCUT2D eigenvalue weighted by molar-refractivity contribution is 0.205. The fraction of sp³-hybridized carbons (Fsp3) is 0.571. The summed E-state index contributed by atoms with van der Waals surface area (Å²) in [4.78, 5) is 2.57. The van der Waals surface area contributed by atoms with Crippen molar-refractivity contribution in [1.29, 1.82) is 0 Å². The van der Waals surface area contributed by atoms with Gasteiger partial charge < -0.3 is 10.2 Å². The lowest BCUT2D eigenvalue weighted by Gasteiger charge is -2.32. The van der Waals surface area contributed by atoms with Crippen LogP contribution in [0, 0.1) is 0 Å². The molecule has 0 bridgehead atoms. The summed E-state index contributed by atoms with van der Waals surface area (Å²) in [6.45, 7) is 2.49. The van der Waals surface area contributed by atoms with E-state index in [-0.39, 0.29) is 5.75 Å². The Kier molecular flexibility index (Phi) is 5.43. The maximum Gasteiger partial charge on any atom is 0.179 e. The minimum absolute atomic E-state index is 0.158. The van der Waals surface area contributed by atoms with Gasteiger partial charge in [0.05, 0.1) is 10.6 Å². The maximum absolute atomic E-state index is 12.3. The Hall–Kier alpha value is -0.620. The van der Waals surface area contributed by atoms with E-state index in [0.29, 0.717) is 22.5 Å². The van der Waals surface area contributed by atoms with Crippen LogP contribution in [0.4, 0.5) is 0 Å². The molecular formula is C14H21ClN2O2S. The molecule has 0 aromatic heterocycles. The molecule has 1 saturated heterocycles. The molecule has 1 aliphatic heterocycles. The number of halogens is 1. The van der Waals surface area contributed by atoms with E-state index in [1.807, 2.05) is 7.05 Å². The standard InChI is InChI=1S/C14H21ClN2O2S/c1-16-13-3-2-8-17(11-13)9-10-20(18,19)14-6-4-12(15)5-7-14/h4-7,13,16H,2-3,8-11H2,1H3. The Labute approximate surface area is 126 Å². The quantitative estimate of drug-likeness (QED) is 0.900. The Morgan fingerprint density at radius 2 is 2.05 bits per heavy atom. The summed E-state index contributed by atoms with van der Waals surface area (Å²) in [5.41, 5.74) is 0. The average Bonchev–Trinajstić information content (AvgIpc) is 2.46. The number of hydrogen-bond donors (Lipinski definition) is 1. The molecule has 20 heavy (non-hydrogen) atoms. The molecule has 1 fully saturated rings. The third-order valence-corrected chi connectivity index (χ3v) is 5.73. The van der Waals surface area contributed by atoms with E-state index in [1.54, 1.807) is 24.3 Å². The topological polar surface area (TPSA) is 49.4 Å². The van der Waals surface area contributed by atoms with E-state index in [0.717, 1.165) is 25.9 Å². The summed E-state index contributed by atoms with van der Waals surface area (Å²) in [5.74, 6) is 0.158. The van der Waals surface area contributed by atoms with E-state index in [9.17, 15) is 8.42 Å². The minimum atomic E-state index is -3.22. The molecule has 1 aromatic rings. The molecule has 112 valence electrons. The predicted octanol–water partition coefficient (Wildman–Crippen LogP) is 1.80. The number of nitrogens with zero attached hydrogens (tertiary/aromatic N) is 1. The summed E-state index contributed by atoms with van der Waals surface area (Å²) in [5, 5.41) is 3.82. The van der Waals surface area contributed by atoms with Gasteiger partial charge in [0, 0.05) is 24.2 Å². The first-order valence-electron chi connectivity index (χ1n) is 6.89. The monoisotopic (exact) mass is 316 g/mol. The van der Waals surface area contributed by atoms with Crippen molar-refractivity contribution in [3.05, 3.63) is 29.3 Å². The lowest BCUT2D eigenvalue weighted by atomic mass is 10.1. The first-order chi connectivity index (χ1) is 9.51. The second kappa shape index (κ2) is 6.89. The summed E-state index contributed by atoms with van der Waals surface area (Å²) in [6.07, 6.45) is 2.28. The van der Waals surface area contributed by atoms with Crippen LogP contribution in [0.2, 0.25) is 5.02 Å². The van der Waals surface area contributed by atoms with Gasteiger partial charge in [0.25, 0.3) is 0 Å².